The molecule has 0 aliphatic rings. The zero-order chi connectivity index (χ0) is 15.1. The highest BCUT2D eigenvalue weighted by molar-refractivity contribution is 9.10. The lowest BCUT2D eigenvalue weighted by atomic mass is 10.2. The molecule has 1 N–H and O–H groups in total. The van der Waals surface area contributed by atoms with Crippen molar-refractivity contribution in [2.45, 2.75) is 32.8 Å². The monoisotopic (exact) mass is 344 g/mol. The van der Waals surface area contributed by atoms with Crippen LogP contribution in [0.5, 0.6) is 5.75 Å². The minimum absolute atomic E-state index is 0.0848. The number of aromatic carboxylic acids is 1. The number of hydrogen-bond donors (Lipinski definition) is 1. The summed E-state index contributed by atoms with van der Waals surface area (Å²) in [6.45, 7) is 3.94. The van der Waals surface area contributed by atoms with E-state index in [1.165, 1.54) is 6.07 Å². The molecule has 0 aliphatic heterocycles. The zero-order valence-electron chi connectivity index (χ0n) is 11.4. The average Bonchev–Trinajstić information content (AvgIpc) is 2.40. The van der Waals surface area contributed by atoms with E-state index < -0.39 is 18.0 Å². The number of carbonyl (C=O) groups is 2. The van der Waals surface area contributed by atoms with Crippen molar-refractivity contribution < 1.29 is 24.2 Å². The molecule has 110 valence electrons. The summed E-state index contributed by atoms with van der Waals surface area (Å²) < 4.78 is 11.0. The Kier molecular flexibility index (Phi) is 6.51. The lowest BCUT2D eigenvalue weighted by molar-refractivity contribution is -0.151. The SMILES string of the molecule is CCCC(Oc1ccc(Br)c(C(=O)O)c1)C(=O)OCC. The van der Waals surface area contributed by atoms with Crippen molar-refractivity contribution in [3.05, 3.63) is 28.2 Å². The Morgan fingerprint density at radius 1 is 1.35 bits per heavy atom. The minimum atomic E-state index is -1.06. The Morgan fingerprint density at radius 3 is 2.60 bits per heavy atom. The molecule has 1 aromatic rings. The maximum Gasteiger partial charge on any atom is 0.347 e. The summed E-state index contributed by atoms with van der Waals surface area (Å²) >= 11 is 3.15. The molecule has 0 bridgehead atoms. The molecule has 6 heteroatoms. The first-order chi connectivity index (χ1) is 9.49. The number of hydrogen-bond acceptors (Lipinski definition) is 4. The maximum absolute atomic E-state index is 11.8. The van der Waals surface area contributed by atoms with Gasteiger partial charge in [-0.25, -0.2) is 9.59 Å². The molecule has 0 saturated heterocycles. The predicted molar refractivity (Wildman–Crippen MR) is 77.1 cm³/mol. The van der Waals surface area contributed by atoms with Gasteiger partial charge in [-0.1, -0.05) is 13.3 Å². The minimum Gasteiger partial charge on any atom is -0.479 e. The molecule has 0 fully saturated rings. The molecular formula is C14H17BrO5. The van der Waals surface area contributed by atoms with Crippen LogP contribution in [-0.4, -0.2) is 29.8 Å². The maximum atomic E-state index is 11.8. The molecule has 0 aromatic heterocycles. The Hall–Kier alpha value is -1.56. The number of esters is 1. The van der Waals surface area contributed by atoms with Crippen molar-refractivity contribution in [1.82, 2.24) is 0 Å². The summed E-state index contributed by atoms with van der Waals surface area (Å²) in [5.41, 5.74) is 0.0848. The number of halogens is 1. The first kappa shape index (κ1) is 16.5. The van der Waals surface area contributed by atoms with Crippen LogP contribution < -0.4 is 4.74 Å². The van der Waals surface area contributed by atoms with Gasteiger partial charge in [0.05, 0.1) is 12.2 Å². The third-order valence-electron chi connectivity index (χ3n) is 2.55. The predicted octanol–water partition coefficient (Wildman–Crippen LogP) is 3.26. The van der Waals surface area contributed by atoms with Gasteiger partial charge >= 0.3 is 11.9 Å². The van der Waals surface area contributed by atoms with E-state index in [1.807, 2.05) is 6.92 Å². The Balaban J connectivity index is 2.90. The fraction of sp³-hybridized carbons (Fsp3) is 0.429. The summed E-state index contributed by atoms with van der Waals surface area (Å²) in [7, 11) is 0. The van der Waals surface area contributed by atoms with Crippen molar-refractivity contribution in [3.8, 4) is 5.75 Å². The fourth-order valence-corrected chi connectivity index (χ4v) is 2.04. The number of carbonyl (C=O) groups excluding carboxylic acids is 1. The highest BCUT2D eigenvalue weighted by atomic mass is 79.9. The van der Waals surface area contributed by atoms with Crippen LogP contribution in [0.15, 0.2) is 22.7 Å². The van der Waals surface area contributed by atoms with Crippen LogP contribution in [0.1, 0.15) is 37.0 Å². The lowest BCUT2D eigenvalue weighted by Gasteiger charge is -2.17. The van der Waals surface area contributed by atoms with Gasteiger partial charge in [-0.05, 0) is 47.5 Å². The van der Waals surface area contributed by atoms with E-state index in [4.69, 9.17) is 14.6 Å². The number of carboxylic acids is 1. The van der Waals surface area contributed by atoms with Gasteiger partial charge in [0.25, 0.3) is 0 Å². The van der Waals surface area contributed by atoms with Crippen LogP contribution in [0, 0.1) is 0 Å². The van der Waals surface area contributed by atoms with Gasteiger partial charge in [0.1, 0.15) is 5.75 Å². The zero-order valence-corrected chi connectivity index (χ0v) is 13.0. The van der Waals surface area contributed by atoms with Crippen LogP contribution in [0.2, 0.25) is 0 Å². The summed E-state index contributed by atoms with van der Waals surface area (Å²) in [5, 5.41) is 9.04. The van der Waals surface area contributed by atoms with E-state index >= 15 is 0 Å². The summed E-state index contributed by atoms with van der Waals surface area (Å²) in [6, 6.07) is 4.57. The first-order valence-corrected chi connectivity index (χ1v) is 7.15. The molecule has 0 heterocycles. The van der Waals surface area contributed by atoms with Crippen molar-refractivity contribution >= 4 is 27.9 Å². The Morgan fingerprint density at radius 2 is 2.05 bits per heavy atom. The number of rotatable bonds is 7. The van der Waals surface area contributed by atoms with E-state index in [2.05, 4.69) is 15.9 Å². The second-order valence-corrected chi connectivity index (χ2v) is 4.95. The van der Waals surface area contributed by atoms with Crippen LogP contribution >= 0.6 is 15.9 Å². The number of carboxylic acid groups (broad SMARTS) is 1. The van der Waals surface area contributed by atoms with Crippen LogP contribution in [0.25, 0.3) is 0 Å². The van der Waals surface area contributed by atoms with Gasteiger partial charge in [-0.15, -0.1) is 0 Å². The normalized spacial score (nSPS) is 11.8. The summed E-state index contributed by atoms with van der Waals surface area (Å²) in [4.78, 5) is 22.8. The van der Waals surface area contributed by atoms with Crippen molar-refractivity contribution in [3.63, 3.8) is 0 Å². The van der Waals surface area contributed by atoms with E-state index in [1.54, 1.807) is 19.1 Å². The average molecular weight is 345 g/mol. The molecule has 5 nitrogen and oxygen atoms in total. The molecule has 1 rings (SSSR count). The van der Waals surface area contributed by atoms with Gasteiger partial charge in [0.15, 0.2) is 6.10 Å². The smallest absolute Gasteiger partial charge is 0.347 e. The van der Waals surface area contributed by atoms with E-state index in [9.17, 15) is 9.59 Å². The van der Waals surface area contributed by atoms with Gasteiger partial charge in [-0.2, -0.15) is 0 Å². The molecule has 1 atom stereocenters. The van der Waals surface area contributed by atoms with E-state index in [-0.39, 0.29) is 12.2 Å². The number of benzene rings is 1. The quantitative estimate of drug-likeness (QED) is 0.768. The van der Waals surface area contributed by atoms with E-state index in [0.717, 1.165) is 6.42 Å². The molecule has 1 unspecified atom stereocenters. The molecule has 20 heavy (non-hydrogen) atoms. The van der Waals surface area contributed by atoms with Crippen molar-refractivity contribution in [1.29, 1.82) is 0 Å². The number of ether oxygens (including phenoxy) is 2. The molecule has 0 saturated carbocycles. The third-order valence-corrected chi connectivity index (χ3v) is 3.24. The molecule has 0 radical (unpaired) electrons. The highest BCUT2D eigenvalue weighted by Crippen LogP contribution is 2.24. The van der Waals surface area contributed by atoms with Crippen LogP contribution in [-0.2, 0) is 9.53 Å². The van der Waals surface area contributed by atoms with Crippen molar-refractivity contribution in [2.24, 2.45) is 0 Å². The summed E-state index contributed by atoms with van der Waals surface area (Å²) in [6.07, 6.45) is 0.547. The summed E-state index contributed by atoms with van der Waals surface area (Å²) in [5.74, 6) is -1.17. The Bertz CT molecular complexity index is 486. The fourth-order valence-electron chi connectivity index (χ4n) is 1.63. The van der Waals surface area contributed by atoms with Gasteiger partial charge < -0.3 is 14.6 Å². The largest absolute Gasteiger partial charge is 0.479 e. The second kappa shape index (κ2) is 7.89. The third kappa shape index (κ3) is 4.52. The van der Waals surface area contributed by atoms with Crippen LogP contribution in [0.3, 0.4) is 0 Å². The van der Waals surface area contributed by atoms with Crippen molar-refractivity contribution in [2.75, 3.05) is 6.61 Å². The molecule has 0 aliphatic carbocycles. The second-order valence-electron chi connectivity index (χ2n) is 4.09. The Labute approximate surface area is 126 Å². The molecular weight excluding hydrogens is 328 g/mol. The molecule has 0 amide bonds. The van der Waals surface area contributed by atoms with Gasteiger partial charge in [-0.3, -0.25) is 0 Å². The first-order valence-electron chi connectivity index (χ1n) is 6.35. The lowest BCUT2D eigenvalue weighted by Crippen LogP contribution is -2.29. The van der Waals surface area contributed by atoms with Gasteiger partial charge in [0.2, 0.25) is 0 Å². The standard InChI is InChI=1S/C14H17BrO5/c1-3-5-12(14(18)19-4-2)20-9-6-7-11(15)10(8-9)13(16)17/h6-8,12H,3-5H2,1-2H3,(H,16,17). The van der Waals surface area contributed by atoms with E-state index in [0.29, 0.717) is 16.6 Å². The topological polar surface area (TPSA) is 72.8 Å². The molecule has 0 spiro atoms. The highest BCUT2D eigenvalue weighted by Gasteiger charge is 2.21. The van der Waals surface area contributed by atoms with Crippen LogP contribution in [0.4, 0.5) is 0 Å². The van der Waals surface area contributed by atoms with Gasteiger partial charge in [0, 0.05) is 4.47 Å². The molecule has 1 aromatic carbocycles.